The molecule has 0 radical (unpaired) electrons. The third-order valence-electron chi connectivity index (χ3n) is 7.46. The number of ether oxygens (including phenoxy) is 1. The first-order valence-corrected chi connectivity index (χ1v) is 11.2. The largest absolute Gasteiger partial charge is 0.507 e. The second-order valence-electron chi connectivity index (χ2n) is 9.31. The number of rotatable bonds is 5. The number of hydrogen-bond donors (Lipinski definition) is 1. The normalized spacial score (nSPS) is 24.6. The van der Waals surface area contributed by atoms with Gasteiger partial charge in [0.15, 0.2) is 11.6 Å². The highest BCUT2D eigenvalue weighted by Gasteiger charge is 2.47. The van der Waals surface area contributed by atoms with Gasteiger partial charge in [0.05, 0.1) is 12.8 Å². The van der Waals surface area contributed by atoms with Gasteiger partial charge in [0.2, 0.25) is 0 Å². The van der Waals surface area contributed by atoms with Crippen LogP contribution in [0.5, 0.6) is 11.8 Å². The van der Waals surface area contributed by atoms with Crippen LogP contribution in [0.15, 0.2) is 36.7 Å². The molecule has 0 aliphatic carbocycles. The minimum absolute atomic E-state index is 0.0853. The van der Waals surface area contributed by atoms with Crippen LogP contribution < -0.4 is 9.64 Å². The van der Waals surface area contributed by atoms with Crippen molar-refractivity contribution in [1.82, 2.24) is 30.0 Å². The molecule has 172 valence electrons. The third kappa shape index (κ3) is 3.86. The minimum atomic E-state index is 0.0853. The monoisotopic (exact) mass is 447 g/mol. The number of anilines is 1. The number of phenolic OH excluding ortho intramolecular Hbond substituents is 1. The summed E-state index contributed by atoms with van der Waals surface area (Å²) < 4.78 is 5.05. The van der Waals surface area contributed by atoms with E-state index in [4.69, 9.17) is 4.74 Å². The Morgan fingerprint density at radius 1 is 1.18 bits per heavy atom. The van der Waals surface area contributed by atoms with E-state index in [9.17, 15) is 5.11 Å². The molecular formula is C24H29N7O2. The van der Waals surface area contributed by atoms with Gasteiger partial charge in [-0.15, -0.1) is 10.2 Å². The van der Waals surface area contributed by atoms with E-state index in [1.54, 1.807) is 12.1 Å². The SMILES string of the molecule is COc1ncnc(-c2ccc(-c3ccc(N(C)[C@H]4CC5CC[C@](C)(C4)N5C)nn3)c(O)c2)n1. The minimum Gasteiger partial charge on any atom is -0.507 e. The van der Waals surface area contributed by atoms with Crippen LogP contribution >= 0.6 is 0 Å². The molecule has 1 unspecified atom stereocenters. The molecule has 1 aromatic carbocycles. The molecule has 3 atom stereocenters. The summed E-state index contributed by atoms with van der Waals surface area (Å²) in [5, 5.41) is 19.6. The zero-order valence-electron chi connectivity index (χ0n) is 19.4. The fraction of sp³-hybridized carbons (Fsp3) is 0.458. The van der Waals surface area contributed by atoms with Gasteiger partial charge in [-0.2, -0.15) is 9.97 Å². The second-order valence-corrected chi connectivity index (χ2v) is 9.31. The molecule has 3 aromatic rings. The lowest BCUT2D eigenvalue weighted by molar-refractivity contribution is 0.0846. The number of aromatic hydroxyl groups is 1. The van der Waals surface area contributed by atoms with E-state index in [0.29, 0.717) is 34.7 Å². The van der Waals surface area contributed by atoms with E-state index in [0.717, 1.165) is 18.7 Å². The summed E-state index contributed by atoms with van der Waals surface area (Å²) in [5.41, 5.74) is 2.14. The third-order valence-corrected chi connectivity index (χ3v) is 7.46. The second kappa shape index (κ2) is 8.22. The highest BCUT2D eigenvalue weighted by atomic mass is 16.5. The lowest BCUT2D eigenvalue weighted by Gasteiger charge is -2.46. The number of nitrogens with zero attached hydrogens (tertiary/aromatic N) is 7. The molecule has 5 rings (SSSR count). The predicted molar refractivity (Wildman–Crippen MR) is 125 cm³/mol. The standard InChI is InChI=1S/C24H29N7O2/c1-24-10-9-16(31(24)3)12-17(13-24)30(2)21-8-7-19(28-29-21)18-6-5-15(11-20(18)32)22-25-14-26-23(27-22)33-4/h5-8,11,14,16-17,32H,9-10,12-13H2,1-4H3/t16?,17-,24+/m0/s1. The summed E-state index contributed by atoms with van der Waals surface area (Å²) in [5.74, 6) is 1.36. The molecule has 2 aliphatic rings. The summed E-state index contributed by atoms with van der Waals surface area (Å²) in [7, 11) is 5.87. The number of hydrogen-bond acceptors (Lipinski definition) is 9. The van der Waals surface area contributed by atoms with E-state index < -0.39 is 0 Å². The van der Waals surface area contributed by atoms with Crippen molar-refractivity contribution >= 4 is 5.82 Å². The van der Waals surface area contributed by atoms with Crippen LogP contribution in [-0.4, -0.2) is 74.0 Å². The molecule has 1 N–H and O–H groups in total. The summed E-state index contributed by atoms with van der Waals surface area (Å²) >= 11 is 0. The Kier molecular flexibility index (Phi) is 5.36. The molecule has 0 spiro atoms. The van der Waals surface area contributed by atoms with Gasteiger partial charge in [0, 0.05) is 35.8 Å². The lowest BCUT2D eigenvalue weighted by atomic mass is 9.87. The van der Waals surface area contributed by atoms with Crippen LogP contribution in [0.2, 0.25) is 0 Å². The first-order valence-electron chi connectivity index (χ1n) is 11.2. The number of aromatic nitrogens is 5. The van der Waals surface area contributed by atoms with E-state index in [1.807, 2.05) is 18.2 Å². The number of methoxy groups -OCH3 is 1. The predicted octanol–water partition coefficient (Wildman–Crippen LogP) is 3.16. The van der Waals surface area contributed by atoms with E-state index in [2.05, 4.69) is 56.0 Å². The average Bonchev–Trinajstić information content (AvgIpc) is 3.00. The van der Waals surface area contributed by atoms with Crippen molar-refractivity contribution in [3.8, 4) is 34.4 Å². The Balaban J connectivity index is 1.34. The molecule has 9 heteroatoms. The van der Waals surface area contributed by atoms with Crippen LogP contribution in [0.25, 0.3) is 22.6 Å². The molecule has 2 saturated heterocycles. The van der Waals surface area contributed by atoms with Crippen molar-refractivity contribution in [2.75, 3.05) is 26.1 Å². The zero-order chi connectivity index (χ0) is 23.2. The fourth-order valence-electron chi connectivity index (χ4n) is 5.26. The molecule has 9 nitrogen and oxygen atoms in total. The highest BCUT2D eigenvalue weighted by molar-refractivity contribution is 5.72. The van der Waals surface area contributed by atoms with Crippen LogP contribution in [0.4, 0.5) is 5.82 Å². The Labute approximate surface area is 193 Å². The highest BCUT2D eigenvalue weighted by Crippen LogP contribution is 2.44. The number of fused-ring (bicyclic) bond motifs is 2. The quantitative estimate of drug-likeness (QED) is 0.632. The maximum atomic E-state index is 10.6. The van der Waals surface area contributed by atoms with Gasteiger partial charge in [-0.05, 0) is 63.9 Å². The maximum Gasteiger partial charge on any atom is 0.319 e. The van der Waals surface area contributed by atoms with Crippen molar-refractivity contribution < 1.29 is 9.84 Å². The van der Waals surface area contributed by atoms with E-state index in [1.165, 1.54) is 26.3 Å². The fourth-order valence-corrected chi connectivity index (χ4v) is 5.26. The van der Waals surface area contributed by atoms with Gasteiger partial charge in [0.25, 0.3) is 0 Å². The molecule has 2 aromatic heterocycles. The van der Waals surface area contributed by atoms with Gasteiger partial charge in [-0.25, -0.2) is 4.98 Å². The van der Waals surface area contributed by atoms with Crippen molar-refractivity contribution in [3.05, 3.63) is 36.7 Å². The van der Waals surface area contributed by atoms with Crippen LogP contribution in [0, 0.1) is 0 Å². The maximum absolute atomic E-state index is 10.6. The van der Waals surface area contributed by atoms with E-state index >= 15 is 0 Å². The Bertz CT molecular complexity index is 1160. The van der Waals surface area contributed by atoms with Crippen molar-refractivity contribution in [1.29, 1.82) is 0 Å². The van der Waals surface area contributed by atoms with Crippen molar-refractivity contribution in [2.45, 2.75) is 50.2 Å². The van der Waals surface area contributed by atoms with Gasteiger partial charge >= 0.3 is 6.01 Å². The van der Waals surface area contributed by atoms with Crippen molar-refractivity contribution in [3.63, 3.8) is 0 Å². The van der Waals surface area contributed by atoms with Crippen LogP contribution in [-0.2, 0) is 0 Å². The molecule has 2 fully saturated rings. The summed E-state index contributed by atoms with van der Waals surface area (Å²) in [6.45, 7) is 2.38. The summed E-state index contributed by atoms with van der Waals surface area (Å²) in [6.07, 6.45) is 6.19. The summed E-state index contributed by atoms with van der Waals surface area (Å²) in [6, 6.07) is 10.4. The lowest BCUT2D eigenvalue weighted by Crippen LogP contribution is -2.54. The molecule has 2 bridgehead atoms. The molecule has 2 aliphatic heterocycles. The molecule has 0 amide bonds. The van der Waals surface area contributed by atoms with Crippen molar-refractivity contribution in [2.24, 2.45) is 0 Å². The van der Waals surface area contributed by atoms with Gasteiger partial charge in [-0.1, -0.05) is 6.07 Å². The molecule has 0 saturated carbocycles. The first kappa shape index (κ1) is 21.5. The Morgan fingerprint density at radius 3 is 2.73 bits per heavy atom. The van der Waals surface area contributed by atoms with Crippen LogP contribution in [0.3, 0.4) is 0 Å². The average molecular weight is 448 g/mol. The molecule has 33 heavy (non-hydrogen) atoms. The smallest absolute Gasteiger partial charge is 0.319 e. The first-order chi connectivity index (χ1) is 15.9. The number of phenols is 1. The summed E-state index contributed by atoms with van der Waals surface area (Å²) in [4.78, 5) is 17.1. The Hall–Kier alpha value is -3.33. The molecular weight excluding hydrogens is 418 g/mol. The van der Waals surface area contributed by atoms with E-state index in [-0.39, 0.29) is 17.3 Å². The number of benzene rings is 1. The van der Waals surface area contributed by atoms with Gasteiger partial charge < -0.3 is 14.7 Å². The molecule has 4 heterocycles. The van der Waals surface area contributed by atoms with Gasteiger partial charge in [-0.3, -0.25) is 4.90 Å². The zero-order valence-corrected chi connectivity index (χ0v) is 19.4. The van der Waals surface area contributed by atoms with Crippen LogP contribution in [0.1, 0.15) is 32.6 Å². The van der Waals surface area contributed by atoms with Gasteiger partial charge in [0.1, 0.15) is 12.1 Å². The number of piperidine rings is 1. The Morgan fingerprint density at radius 2 is 2.03 bits per heavy atom. The topological polar surface area (TPSA) is 100 Å².